The highest BCUT2D eigenvalue weighted by molar-refractivity contribution is 6.29. The lowest BCUT2D eigenvalue weighted by Crippen LogP contribution is -2.28. The van der Waals surface area contributed by atoms with E-state index in [-0.39, 0.29) is 17.7 Å². The zero-order valence-electron chi connectivity index (χ0n) is 8.18. The highest BCUT2D eigenvalue weighted by atomic mass is 35.5. The molecule has 2 rings (SSSR count). The van der Waals surface area contributed by atoms with E-state index in [9.17, 15) is 9.59 Å². The van der Waals surface area contributed by atoms with E-state index in [0.717, 1.165) is 0 Å². The molecule has 0 aromatic carbocycles. The fourth-order valence-corrected chi connectivity index (χ4v) is 1.46. The molecule has 82 valence electrons. The summed E-state index contributed by atoms with van der Waals surface area (Å²) < 4.78 is 1.18. The molecule has 0 unspecified atom stereocenters. The summed E-state index contributed by atoms with van der Waals surface area (Å²) in [5, 5.41) is 2.76. The standard InChI is InChI=1S/C10H8ClN3O2/c11-8-3-1-2-7(12-8)6-14-10(16)5-4-9(15)13-14/h1-5H,6H2,(H,13,15). The molecule has 0 aliphatic heterocycles. The molecule has 0 amide bonds. The third-order valence-corrected chi connectivity index (χ3v) is 2.19. The van der Waals surface area contributed by atoms with Crippen molar-refractivity contribution in [3.8, 4) is 0 Å². The Balaban J connectivity index is 2.37. The highest BCUT2D eigenvalue weighted by Gasteiger charge is 2.00. The predicted molar refractivity (Wildman–Crippen MR) is 59.7 cm³/mol. The van der Waals surface area contributed by atoms with E-state index in [1.165, 1.54) is 16.8 Å². The van der Waals surface area contributed by atoms with Crippen LogP contribution in [0.15, 0.2) is 39.9 Å². The Bertz CT molecular complexity index is 618. The van der Waals surface area contributed by atoms with E-state index in [4.69, 9.17) is 11.6 Å². The average molecular weight is 238 g/mol. The van der Waals surface area contributed by atoms with Gasteiger partial charge in [-0.3, -0.25) is 14.7 Å². The molecule has 1 N–H and O–H groups in total. The van der Waals surface area contributed by atoms with Crippen molar-refractivity contribution in [1.82, 2.24) is 14.8 Å². The van der Waals surface area contributed by atoms with E-state index >= 15 is 0 Å². The molecular weight excluding hydrogens is 230 g/mol. The van der Waals surface area contributed by atoms with E-state index < -0.39 is 0 Å². The second-order valence-corrected chi connectivity index (χ2v) is 3.57. The summed E-state index contributed by atoms with van der Waals surface area (Å²) in [7, 11) is 0. The van der Waals surface area contributed by atoms with Crippen molar-refractivity contribution in [2.75, 3.05) is 0 Å². The predicted octanol–water partition coefficient (Wildman–Crippen LogP) is 0.633. The number of nitrogens with one attached hydrogen (secondary N) is 1. The summed E-state index contributed by atoms with van der Waals surface area (Å²) in [5.74, 6) is 0. The lowest BCUT2D eigenvalue weighted by atomic mass is 10.3. The Morgan fingerprint density at radius 3 is 2.81 bits per heavy atom. The van der Waals surface area contributed by atoms with Crippen LogP contribution in [0.5, 0.6) is 0 Å². The van der Waals surface area contributed by atoms with Gasteiger partial charge in [-0.2, -0.15) is 0 Å². The first-order chi connectivity index (χ1) is 7.65. The minimum atomic E-state index is -0.332. The molecule has 5 nitrogen and oxygen atoms in total. The van der Waals surface area contributed by atoms with Gasteiger partial charge in [0.15, 0.2) is 0 Å². The van der Waals surface area contributed by atoms with Gasteiger partial charge in [0.25, 0.3) is 11.1 Å². The number of pyridine rings is 1. The van der Waals surface area contributed by atoms with E-state index in [0.29, 0.717) is 10.8 Å². The van der Waals surface area contributed by atoms with Crippen LogP contribution in [-0.2, 0) is 6.54 Å². The Hall–Kier alpha value is -1.88. The average Bonchev–Trinajstić information content (AvgIpc) is 2.24. The highest BCUT2D eigenvalue weighted by Crippen LogP contribution is 2.05. The zero-order valence-corrected chi connectivity index (χ0v) is 8.94. The first kappa shape index (κ1) is 10.6. The van der Waals surface area contributed by atoms with E-state index in [1.54, 1.807) is 18.2 Å². The van der Waals surface area contributed by atoms with Crippen LogP contribution >= 0.6 is 11.6 Å². The molecule has 0 fully saturated rings. The molecule has 0 bridgehead atoms. The van der Waals surface area contributed by atoms with Crippen LogP contribution in [0.2, 0.25) is 5.15 Å². The van der Waals surface area contributed by atoms with Gasteiger partial charge in [-0.15, -0.1) is 0 Å². The molecule has 2 aromatic rings. The fraction of sp³-hybridized carbons (Fsp3) is 0.100. The van der Waals surface area contributed by atoms with Gasteiger partial charge in [-0.1, -0.05) is 17.7 Å². The lowest BCUT2D eigenvalue weighted by Gasteiger charge is -2.03. The van der Waals surface area contributed by atoms with Gasteiger partial charge in [0.2, 0.25) is 0 Å². The molecular formula is C10H8ClN3O2. The van der Waals surface area contributed by atoms with Crippen molar-refractivity contribution in [2.24, 2.45) is 0 Å². The van der Waals surface area contributed by atoms with Gasteiger partial charge < -0.3 is 0 Å². The van der Waals surface area contributed by atoms with Gasteiger partial charge in [0, 0.05) is 12.1 Å². The van der Waals surface area contributed by atoms with Gasteiger partial charge in [0.1, 0.15) is 5.15 Å². The largest absolute Gasteiger partial charge is 0.268 e. The number of hydrogen-bond donors (Lipinski definition) is 1. The molecule has 16 heavy (non-hydrogen) atoms. The zero-order chi connectivity index (χ0) is 11.5. The lowest BCUT2D eigenvalue weighted by molar-refractivity contribution is 0.617. The van der Waals surface area contributed by atoms with E-state index in [2.05, 4.69) is 10.1 Å². The third-order valence-electron chi connectivity index (χ3n) is 1.98. The molecule has 0 aliphatic rings. The van der Waals surface area contributed by atoms with E-state index in [1.807, 2.05) is 0 Å². The Labute approximate surface area is 95.3 Å². The second-order valence-electron chi connectivity index (χ2n) is 3.19. The van der Waals surface area contributed by atoms with Crippen LogP contribution in [0.4, 0.5) is 0 Å². The van der Waals surface area contributed by atoms with Gasteiger partial charge in [-0.05, 0) is 12.1 Å². The maximum Gasteiger partial charge on any atom is 0.265 e. The Kier molecular flexibility index (Phi) is 2.87. The Morgan fingerprint density at radius 2 is 2.06 bits per heavy atom. The molecule has 0 aliphatic carbocycles. The molecule has 2 aromatic heterocycles. The maximum atomic E-state index is 11.4. The van der Waals surface area contributed by atoms with Crippen LogP contribution < -0.4 is 11.1 Å². The van der Waals surface area contributed by atoms with Crippen LogP contribution in [0, 0.1) is 0 Å². The summed E-state index contributed by atoms with van der Waals surface area (Å²) in [5.41, 5.74) is -0.0144. The summed E-state index contributed by atoms with van der Waals surface area (Å²) in [6.45, 7) is 0.190. The van der Waals surface area contributed by atoms with Crippen molar-refractivity contribution in [2.45, 2.75) is 6.54 Å². The maximum absolute atomic E-state index is 11.4. The SMILES string of the molecule is O=c1ccc(=O)n(Cc2cccc(Cl)n2)[nH]1. The summed E-state index contributed by atoms with van der Waals surface area (Å²) in [4.78, 5) is 26.5. The van der Waals surface area contributed by atoms with Crippen LogP contribution in [0.3, 0.4) is 0 Å². The molecule has 0 radical (unpaired) electrons. The minimum Gasteiger partial charge on any atom is -0.268 e. The topological polar surface area (TPSA) is 67.8 Å². The van der Waals surface area contributed by atoms with Crippen LogP contribution in [-0.4, -0.2) is 14.8 Å². The van der Waals surface area contributed by atoms with Crippen molar-refractivity contribution >= 4 is 11.6 Å². The normalized spacial score (nSPS) is 10.3. The number of nitrogens with zero attached hydrogens (tertiary/aromatic N) is 2. The smallest absolute Gasteiger partial charge is 0.265 e. The van der Waals surface area contributed by atoms with Crippen molar-refractivity contribution in [3.63, 3.8) is 0 Å². The number of rotatable bonds is 2. The number of halogens is 1. The van der Waals surface area contributed by atoms with Crippen molar-refractivity contribution in [1.29, 1.82) is 0 Å². The fourth-order valence-electron chi connectivity index (χ4n) is 1.28. The number of aromatic amines is 1. The van der Waals surface area contributed by atoms with Gasteiger partial charge in [-0.25, -0.2) is 9.67 Å². The number of H-pyrrole nitrogens is 1. The number of aromatic nitrogens is 3. The Morgan fingerprint density at radius 1 is 1.25 bits per heavy atom. The molecule has 0 atom stereocenters. The van der Waals surface area contributed by atoms with Crippen LogP contribution in [0.25, 0.3) is 0 Å². The summed E-state index contributed by atoms with van der Waals surface area (Å²) in [6.07, 6.45) is 0. The van der Waals surface area contributed by atoms with Gasteiger partial charge >= 0.3 is 0 Å². The molecule has 0 saturated heterocycles. The first-order valence-corrected chi connectivity index (χ1v) is 4.94. The third kappa shape index (κ3) is 2.38. The van der Waals surface area contributed by atoms with Crippen molar-refractivity contribution in [3.05, 3.63) is 61.9 Å². The molecule has 6 heteroatoms. The van der Waals surface area contributed by atoms with Crippen LogP contribution in [0.1, 0.15) is 5.69 Å². The van der Waals surface area contributed by atoms with Crippen molar-refractivity contribution < 1.29 is 0 Å². The summed E-state index contributed by atoms with van der Waals surface area (Å²) in [6, 6.07) is 7.50. The van der Waals surface area contributed by atoms with Gasteiger partial charge in [0.05, 0.1) is 12.2 Å². The molecule has 2 heterocycles. The summed E-state index contributed by atoms with van der Waals surface area (Å²) >= 11 is 5.71. The minimum absolute atomic E-state index is 0.190. The number of hydrogen-bond acceptors (Lipinski definition) is 3. The first-order valence-electron chi connectivity index (χ1n) is 4.57. The molecule has 0 spiro atoms. The second kappa shape index (κ2) is 4.32. The quantitative estimate of drug-likeness (QED) is 0.779. The monoisotopic (exact) mass is 237 g/mol. The molecule has 0 saturated carbocycles.